The number of hydrogen-bond donors (Lipinski definition) is 0. The van der Waals surface area contributed by atoms with E-state index in [1.807, 2.05) is 0 Å². The Morgan fingerprint density at radius 3 is 2.24 bits per heavy atom. The van der Waals surface area contributed by atoms with Crippen LogP contribution < -0.4 is 4.74 Å². The molecule has 0 aromatic heterocycles. The monoisotopic (exact) mass is 422 g/mol. The molecule has 0 bridgehead atoms. The Hall–Kier alpha value is -0.980. The second-order valence-electron chi connectivity index (χ2n) is 5.44. The maximum absolute atomic E-state index is 11.3. The van der Waals surface area contributed by atoms with Gasteiger partial charge in [-0.1, -0.05) is 40.9 Å². The molecule has 2 aromatic carbocycles. The normalized spacial score (nSPS) is 12.8. The molecule has 4 nitrogen and oxygen atoms in total. The Kier molecular flexibility index (Phi) is 7.40. The van der Waals surface area contributed by atoms with Gasteiger partial charge in [-0.15, -0.1) is 0 Å². The van der Waals surface area contributed by atoms with E-state index >= 15 is 0 Å². The van der Waals surface area contributed by atoms with Crippen LogP contribution in [0.25, 0.3) is 0 Å². The van der Waals surface area contributed by atoms with E-state index in [1.54, 1.807) is 42.5 Å². The lowest BCUT2D eigenvalue weighted by Crippen LogP contribution is -2.15. The predicted octanol–water partition coefficient (Wildman–Crippen LogP) is 5.18. The molecule has 2 rings (SSSR count). The van der Waals surface area contributed by atoms with Crippen molar-refractivity contribution in [1.29, 1.82) is 0 Å². The maximum Gasteiger partial charge on any atom is 0.264 e. The summed E-state index contributed by atoms with van der Waals surface area (Å²) >= 11 is 18.0. The minimum absolute atomic E-state index is 0.0236. The Bertz CT molecular complexity index is 807. The molecule has 0 aliphatic carbocycles. The third-order valence-electron chi connectivity index (χ3n) is 3.43. The maximum atomic E-state index is 11.3. The van der Waals surface area contributed by atoms with Crippen molar-refractivity contribution in [3.05, 3.63) is 63.1 Å². The van der Waals surface area contributed by atoms with Crippen molar-refractivity contribution >= 4 is 44.9 Å². The summed E-state index contributed by atoms with van der Waals surface area (Å²) in [6.45, 7) is 0.336. The highest BCUT2D eigenvalue weighted by atomic mass is 35.5. The van der Waals surface area contributed by atoms with Gasteiger partial charge in [0.1, 0.15) is 5.75 Å². The lowest BCUT2D eigenvalue weighted by molar-refractivity contribution is 0.248. The third-order valence-corrected chi connectivity index (χ3v) is 4.81. The van der Waals surface area contributed by atoms with Gasteiger partial charge in [0.25, 0.3) is 10.1 Å². The first-order chi connectivity index (χ1) is 11.7. The van der Waals surface area contributed by atoms with Gasteiger partial charge in [0, 0.05) is 21.0 Å². The van der Waals surface area contributed by atoms with Gasteiger partial charge in [-0.05, 0) is 48.4 Å². The van der Waals surface area contributed by atoms with Crippen molar-refractivity contribution in [3.8, 4) is 5.75 Å². The molecule has 0 unspecified atom stereocenters. The van der Waals surface area contributed by atoms with E-state index in [-0.39, 0.29) is 12.5 Å². The zero-order chi connectivity index (χ0) is 18.4. The molecule has 0 saturated carbocycles. The molecule has 1 atom stereocenters. The fourth-order valence-corrected chi connectivity index (χ4v) is 3.32. The molecule has 0 aliphatic rings. The van der Waals surface area contributed by atoms with E-state index in [0.29, 0.717) is 33.8 Å². The van der Waals surface area contributed by atoms with Crippen LogP contribution in [0.1, 0.15) is 17.9 Å². The van der Waals surface area contributed by atoms with Gasteiger partial charge in [0.05, 0.1) is 19.5 Å². The number of ether oxygens (including phenoxy) is 1. The SMILES string of the molecule is CS(=O)(=O)OC[C@H](CCOc1ccc(Cl)cc1)c1ccc(Cl)cc1Cl. The minimum atomic E-state index is -3.55. The Morgan fingerprint density at radius 1 is 1.00 bits per heavy atom. The number of halogens is 3. The highest BCUT2D eigenvalue weighted by Gasteiger charge is 2.18. The van der Waals surface area contributed by atoms with E-state index < -0.39 is 10.1 Å². The second kappa shape index (κ2) is 9.10. The van der Waals surface area contributed by atoms with E-state index in [2.05, 4.69) is 0 Å². The summed E-state index contributed by atoms with van der Waals surface area (Å²) in [6.07, 6.45) is 1.53. The van der Waals surface area contributed by atoms with Crippen LogP contribution in [0.4, 0.5) is 0 Å². The molecule has 8 heteroatoms. The average molecular weight is 424 g/mol. The van der Waals surface area contributed by atoms with E-state index in [0.717, 1.165) is 11.8 Å². The predicted molar refractivity (Wildman–Crippen MR) is 102 cm³/mol. The molecule has 0 amide bonds. The van der Waals surface area contributed by atoms with Gasteiger partial charge in [0.15, 0.2) is 0 Å². The Morgan fingerprint density at radius 2 is 1.64 bits per heavy atom. The van der Waals surface area contributed by atoms with Crippen molar-refractivity contribution in [3.63, 3.8) is 0 Å². The highest BCUT2D eigenvalue weighted by molar-refractivity contribution is 7.85. The Labute approximate surface area is 162 Å². The first-order valence-corrected chi connectivity index (χ1v) is 10.4. The zero-order valence-electron chi connectivity index (χ0n) is 13.4. The van der Waals surface area contributed by atoms with Crippen molar-refractivity contribution in [2.75, 3.05) is 19.5 Å². The van der Waals surface area contributed by atoms with Crippen LogP contribution in [-0.4, -0.2) is 27.9 Å². The first-order valence-electron chi connectivity index (χ1n) is 7.42. The summed E-state index contributed by atoms with van der Waals surface area (Å²) in [7, 11) is -3.55. The molecule has 0 radical (unpaired) electrons. The van der Waals surface area contributed by atoms with Crippen LogP contribution in [-0.2, 0) is 14.3 Å². The molecule has 0 aliphatic heterocycles. The van der Waals surface area contributed by atoms with E-state index in [9.17, 15) is 8.42 Å². The zero-order valence-corrected chi connectivity index (χ0v) is 16.5. The van der Waals surface area contributed by atoms with Crippen molar-refractivity contribution in [2.45, 2.75) is 12.3 Å². The third kappa shape index (κ3) is 7.04. The van der Waals surface area contributed by atoms with Crippen LogP contribution >= 0.6 is 34.8 Å². The fraction of sp³-hybridized carbons (Fsp3) is 0.294. The molecule has 0 heterocycles. The number of hydrogen-bond acceptors (Lipinski definition) is 4. The summed E-state index contributed by atoms with van der Waals surface area (Å²) in [5.41, 5.74) is 0.759. The van der Waals surface area contributed by atoms with Gasteiger partial charge >= 0.3 is 0 Å². The molecule has 25 heavy (non-hydrogen) atoms. The van der Waals surface area contributed by atoms with Crippen LogP contribution in [0.5, 0.6) is 5.75 Å². The molecule has 0 spiro atoms. The lowest BCUT2D eigenvalue weighted by atomic mass is 9.97. The quantitative estimate of drug-likeness (QED) is 0.549. The summed E-state index contributed by atoms with van der Waals surface area (Å²) in [5, 5.41) is 1.59. The topological polar surface area (TPSA) is 52.6 Å². The lowest BCUT2D eigenvalue weighted by Gasteiger charge is -2.19. The van der Waals surface area contributed by atoms with Gasteiger partial charge in [-0.2, -0.15) is 8.42 Å². The standard InChI is InChI=1S/C17H17Cl3O4S/c1-25(21,22)24-11-12(16-7-4-14(19)10-17(16)20)8-9-23-15-5-2-13(18)3-6-15/h2-7,10,12H,8-9,11H2,1H3/t12-/m0/s1. The summed E-state index contributed by atoms with van der Waals surface area (Å²) in [6, 6.07) is 12.1. The van der Waals surface area contributed by atoms with E-state index in [4.69, 9.17) is 43.7 Å². The summed E-state index contributed by atoms with van der Waals surface area (Å²) < 4.78 is 33.3. The van der Waals surface area contributed by atoms with Crippen LogP contribution in [0.15, 0.2) is 42.5 Å². The minimum Gasteiger partial charge on any atom is -0.494 e. The summed E-state index contributed by atoms with van der Waals surface area (Å²) in [4.78, 5) is 0. The molecular formula is C17H17Cl3O4S. The molecule has 0 saturated heterocycles. The van der Waals surface area contributed by atoms with Gasteiger partial charge in [-0.3, -0.25) is 4.18 Å². The van der Waals surface area contributed by atoms with Crippen molar-refractivity contribution in [2.24, 2.45) is 0 Å². The molecule has 136 valence electrons. The van der Waals surface area contributed by atoms with Crippen molar-refractivity contribution in [1.82, 2.24) is 0 Å². The van der Waals surface area contributed by atoms with Gasteiger partial charge in [-0.25, -0.2) is 0 Å². The highest BCUT2D eigenvalue weighted by Crippen LogP contribution is 2.30. The van der Waals surface area contributed by atoms with Gasteiger partial charge in [0.2, 0.25) is 0 Å². The van der Waals surface area contributed by atoms with E-state index in [1.165, 1.54) is 0 Å². The molecular weight excluding hydrogens is 407 g/mol. The van der Waals surface area contributed by atoms with Crippen molar-refractivity contribution < 1.29 is 17.3 Å². The fourth-order valence-electron chi connectivity index (χ4n) is 2.22. The van der Waals surface area contributed by atoms with Crippen LogP contribution in [0.2, 0.25) is 15.1 Å². The summed E-state index contributed by atoms with van der Waals surface area (Å²) in [5.74, 6) is 0.418. The Balaban J connectivity index is 2.06. The largest absolute Gasteiger partial charge is 0.494 e. The second-order valence-corrected chi connectivity index (χ2v) is 8.37. The first kappa shape index (κ1) is 20.3. The number of benzene rings is 2. The molecule has 2 aromatic rings. The average Bonchev–Trinajstić information content (AvgIpc) is 2.52. The smallest absolute Gasteiger partial charge is 0.264 e. The van der Waals surface area contributed by atoms with Crippen LogP contribution in [0, 0.1) is 0 Å². The molecule has 0 N–H and O–H groups in total. The van der Waals surface area contributed by atoms with Gasteiger partial charge < -0.3 is 4.74 Å². The van der Waals surface area contributed by atoms with Crippen LogP contribution in [0.3, 0.4) is 0 Å². The number of rotatable bonds is 8. The molecule has 0 fully saturated rings.